The predicted molar refractivity (Wildman–Crippen MR) is 54.2 cm³/mol. The number of carbonyl (C=O) groups excluding carboxylic acids is 1. The second-order valence-electron chi connectivity index (χ2n) is 3.32. The van der Waals surface area contributed by atoms with Gasteiger partial charge in [0.1, 0.15) is 5.82 Å². The molecule has 1 aliphatic heterocycles. The molecule has 0 radical (unpaired) electrons. The molecule has 1 saturated heterocycles. The summed E-state index contributed by atoms with van der Waals surface area (Å²) in [4.78, 5) is 11.0. The Morgan fingerprint density at radius 1 is 1.50 bits per heavy atom. The highest BCUT2D eigenvalue weighted by Gasteiger charge is 2.24. The quantitative estimate of drug-likeness (QED) is 0.824. The van der Waals surface area contributed by atoms with E-state index in [1.165, 1.54) is 6.07 Å². The van der Waals surface area contributed by atoms with Crippen molar-refractivity contribution in [2.75, 3.05) is 0 Å². The number of hydrogen-bond donors (Lipinski definition) is 1. The van der Waals surface area contributed by atoms with Gasteiger partial charge in [-0.15, -0.1) is 0 Å². The molecule has 4 heteroatoms. The van der Waals surface area contributed by atoms with Crippen LogP contribution in [-0.2, 0) is 4.79 Å². The Balaban J connectivity index is 2.28. The largest absolute Gasteiger partial charge is 0.349 e. The molecule has 1 atom stereocenters. The molecule has 74 valence electrons. The van der Waals surface area contributed by atoms with E-state index in [1.807, 2.05) is 0 Å². The molecule has 0 aliphatic carbocycles. The topological polar surface area (TPSA) is 29.1 Å². The lowest BCUT2D eigenvalue weighted by Gasteiger charge is -2.11. The van der Waals surface area contributed by atoms with Crippen LogP contribution in [0.15, 0.2) is 22.7 Å². The van der Waals surface area contributed by atoms with Crippen molar-refractivity contribution in [3.05, 3.63) is 34.1 Å². The van der Waals surface area contributed by atoms with Gasteiger partial charge >= 0.3 is 0 Å². The van der Waals surface area contributed by atoms with Crippen molar-refractivity contribution in [2.45, 2.75) is 18.9 Å². The van der Waals surface area contributed by atoms with Gasteiger partial charge < -0.3 is 5.32 Å². The summed E-state index contributed by atoms with van der Waals surface area (Å²) in [6, 6.07) is 4.74. The minimum absolute atomic E-state index is 0.00248. The maximum absolute atomic E-state index is 13.4. The fourth-order valence-corrected chi connectivity index (χ4v) is 1.96. The molecule has 1 heterocycles. The zero-order chi connectivity index (χ0) is 10.1. The fraction of sp³-hybridized carbons (Fsp3) is 0.300. The van der Waals surface area contributed by atoms with Gasteiger partial charge in [0.05, 0.1) is 6.04 Å². The van der Waals surface area contributed by atoms with E-state index in [9.17, 15) is 9.18 Å². The maximum Gasteiger partial charge on any atom is 0.220 e. The summed E-state index contributed by atoms with van der Waals surface area (Å²) in [5.74, 6) is -0.274. The van der Waals surface area contributed by atoms with Crippen LogP contribution in [0.5, 0.6) is 0 Å². The minimum Gasteiger partial charge on any atom is -0.349 e. The molecule has 0 spiro atoms. The third-order valence-electron chi connectivity index (χ3n) is 2.33. The van der Waals surface area contributed by atoms with Gasteiger partial charge in [-0.05, 0) is 18.6 Å². The summed E-state index contributed by atoms with van der Waals surface area (Å²) in [5.41, 5.74) is 0.569. The third kappa shape index (κ3) is 1.80. The van der Waals surface area contributed by atoms with Crippen LogP contribution < -0.4 is 5.32 Å². The number of nitrogens with one attached hydrogen (secondary N) is 1. The van der Waals surface area contributed by atoms with Crippen molar-refractivity contribution in [3.8, 4) is 0 Å². The molecule has 1 fully saturated rings. The summed E-state index contributed by atoms with van der Waals surface area (Å²) in [7, 11) is 0. The Bertz CT molecular complexity index is 380. The smallest absolute Gasteiger partial charge is 0.220 e. The molecule has 0 aromatic heterocycles. The Morgan fingerprint density at radius 3 is 2.86 bits per heavy atom. The summed E-state index contributed by atoms with van der Waals surface area (Å²) in [6.45, 7) is 0. The number of rotatable bonds is 1. The van der Waals surface area contributed by atoms with Gasteiger partial charge in [-0.25, -0.2) is 4.39 Å². The number of halogens is 2. The van der Waals surface area contributed by atoms with Crippen LogP contribution in [-0.4, -0.2) is 5.91 Å². The number of benzene rings is 1. The van der Waals surface area contributed by atoms with Crippen molar-refractivity contribution >= 4 is 21.8 Å². The standard InChI is InChI=1S/C10H9BrFNO/c11-6-1-2-7(8(12)5-6)9-3-4-10(14)13-9/h1-2,5,9H,3-4H2,(H,13,14). The molecule has 2 nitrogen and oxygen atoms in total. The molecule has 2 rings (SSSR count). The van der Waals surface area contributed by atoms with Crippen LogP contribution in [0.25, 0.3) is 0 Å². The maximum atomic E-state index is 13.4. The first-order chi connectivity index (χ1) is 6.66. The molecular weight excluding hydrogens is 249 g/mol. The number of amides is 1. The lowest BCUT2D eigenvalue weighted by Crippen LogP contribution is -2.19. The van der Waals surface area contributed by atoms with E-state index >= 15 is 0 Å². The highest BCUT2D eigenvalue weighted by molar-refractivity contribution is 9.10. The summed E-state index contributed by atoms with van der Waals surface area (Å²) in [6.07, 6.45) is 1.16. The van der Waals surface area contributed by atoms with Crippen LogP contribution in [0, 0.1) is 5.82 Å². The van der Waals surface area contributed by atoms with Crippen molar-refractivity contribution in [3.63, 3.8) is 0 Å². The zero-order valence-electron chi connectivity index (χ0n) is 7.39. The van der Waals surface area contributed by atoms with Gasteiger partial charge in [0.15, 0.2) is 0 Å². The van der Waals surface area contributed by atoms with Gasteiger partial charge in [0.25, 0.3) is 0 Å². The Hall–Kier alpha value is -0.900. The summed E-state index contributed by atoms with van der Waals surface area (Å²) < 4.78 is 14.2. The molecule has 1 aromatic rings. The highest BCUT2D eigenvalue weighted by Crippen LogP contribution is 2.27. The Kier molecular flexibility index (Phi) is 2.54. The van der Waals surface area contributed by atoms with E-state index in [0.717, 1.165) is 0 Å². The van der Waals surface area contributed by atoms with E-state index < -0.39 is 0 Å². The molecule has 14 heavy (non-hydrogen) atoms. The van der Waals surface area contributed by atoms with Crippen molar-refractivity contribution in [1.82, 2.24) is 5.32 Å². The highest BCUT2D eigenvalue weighted by atomic mass is 79.9. The minimum atomic E-state index is -0.272. The lowest BCUT2D eigenvalue weighted by molar-refractivity contribution is -0.119. The summed E-state index contributed by atoms with van der Waals surface area (Å²) >= 11 is 3.19. The molecule has 1 aromatic carbocycles. The van der Waals surface area contributed by atoms with Gasteiger partial charge in [-0.1, -0.05) is 22.0 Å². The second kappa shape index (κ2) is 3.69. The fourth-order valence-electron chi connectivity index (χ4n) is 1.63. The van der Waals surface area contributed by atoms with E-state index in [2.05, 4.69) is 21.2 Å². The van der Waals surface area contributed by atoms with Crippen molar-refractivity contribution in [2.24, 2.45) is 0 Å². The van der Waals surface area contributed by atoms with E-state index in [-0.39, 0.29) is 17.8 Å². The molecular formula is C10H9BrFNO. The number of carbonyl (C=O) groups is 1. The molecule has 0 saturated carbocycles. The van der Waals surface area contributed by atoms with Crippen molar-refractivity contribution < 1.29 is 9.18 Å². The lowest BCUT2D eigenvalue weighted by atomic mass is 10.1. The Labute approximate surface area is 89.6 Å². The normalized spacial score (nSPS) is 21.0. The second-order valence-corrected chi connectivity index (χ2v) is 4.24. The molecule has 1 N–H and O–H groups in total. The third-order valence-corrected chi connectivity index (χ3v) is 2.83. The van der Waals surface area contributed by atoms with Crippen LogP contribution in [0.3, 0.4) is 0 Å². The van der Waals surface area contributed by atoms with Gasteiger partial charge in [-0.3, -0.25) is 4.79 Å². The van der Waals surface area contributed by atoms with Crippen LogP contribution in [0.1, 0.15) is 24.4 Å². The summed E-state index contributed by atoms with van der Waals surface area (Å²) in [5, 5.41) is 2.74. The monoisotopic (exact) mass is 257 g/mol. The average Bonchev–Trinajstić information content (AvgIpc) is 2.51. The van der Waals surface area contributed by atoms with Crippen LogP contribution >= 0.6 is 15.9 Å². The molecule has 1 aliphatic rings. The van der Waals surface area contributed by atoms with Gasteiger partial charge in [-0.2, -0.15) is 0 Å². The number of hydrogen-bond acceptors (Lipinski definition) is 1. The average molecular weight is 258 g/mol. The van der Waals surface area contributed by atoms with Gasteiger partial charge in [0, 0.05) is 16.5 Å². The van der Waals surface area contributed by atoms with Crippen LogP contribution in [0.4, 0.5) is 4.39 Å². The van der Waals surface area contributed by atoms with Crippen LogP contribution in [0.2, 0.25) is 0 Å². The van der Waals surface area contributed by atoms with E-state index in [0.29, 0.717) is 22.9 Å². The van der Waals surface area contributed by atoms with E-state index in [4.69, 9.17) is 0 Å². The van der Waals surface area contributed by atoms with Crippen molar-refractivity contribution in [1.29, 1.82) is 0 Å². The van der Waals surface area contributed by atoms with Gasteiger partial charge in [0.2, 0.25) is 5.91 Å². The first kappa shape index (κ1) is 9.65. The molecule has 1 unspecified atom stereocenters. The SMILES string of the molecule is O=C1CCC(c2ccc(Br)cc2F)N1. The predicted octanol–water partition coefficient (Wildman–Crippen LogP) is 2.54. The first-order valence-electron chi connectivity index (χ1n) is 4.41. The molecule has 0 bridgehead atoms. The first-order valence-corrected chi connectivity index (χ1v) is 5.20. The zero-order valence-corrected chi connectivity index (χ0v) is 8.97. The Morgan fingerprint density at radius 2 is 2.29 bits per heavy atom. The molecule has 1 amide bonds. The van der Waals surface area contributed by atoms with E-state index in [1.54, 1.807) is 12.1 Å².